The summed E-state index contributed by atoms with van der Waals surface area (Å²) in [5.74, 6) is 0.876. The molecule has 1 aliphatic rings. The minimum Gasteiger partial charge on any atom is -0.496 e. The van der Waals surface area contributed by atoms with E-state index in [9.17, 15) is 5.11 Å². The molecule has 0 aliphatic heterocycles. The van der Waals surface area contributed by atoms with Gasteiger partial charge in [-0.05, 0) is 35.7 Å². The molecule has 0 saturated carbocycles. The maximum atomic E-state index is 10.2. The van der Waals surface area contributed by atoms with Gasteiger partial charge in [-0.15, -0.1) is 0 Å². The number of aliphatic hydroxyl groups excluding tert-OH is 1. The first-order valence-electron chi connectivity index (χ1n) is 6.41. The fraction of sp³-hybridized carbons (Fsp3) is 0.250. The smallest absolute Gasteiger partial charge is 0.123 e. The Morgan fingerprint density at radius 2 is 1.95 bits per heavy atom. The molecule has 2 nitrogen and oxygen atoms in total. The normalized spacial score (nSPS) is 20.8. The average Bonchev–Trinajstić information content (AvgIpc) is 2.79. The molecule has 4 heteroatoms. The van der Waals surface area contributed by atoms with E-state index in [4.69, 9.17) is 27.9 Å². The molecule has 2 aromatic rings. The van der Waals surface area contributed by atoms with Crippen LogP contribution < -0.4 is 4.74 Å². The summed E-state index contributed by atoms with van der Waals surface area (Å²) < 4.78 is 5.44. The Hall–Kier alpha value is -1.22. The van der Waals surface area contributed by atoms with Crippen molar-refractivity contribution < 1.29 is 9.84 Å². The topological polar surface area (TPSA) is 29.5 Å². The molecule has 0 aromatic heterocycles. The van der Waals surface area contributed by atoms with Crippen molar-refractivity contribution in [1.82, 2.24) is 0 Å². The Kier molecular flexibility index (Phi) is 3.63. The second-order valence-electron chi connectivity index (χ2n) is 4.94. The third-order valence-electron chi connectivity index (χ3n) is 3.83. The first-order valence-corrected chi connectivity index (χ1v) is 7.17. The van der Waals surface area contributed by atoms with Gasteiger partial charge < -0.3 is 9.84 Å². The fourth-order valence-electron chi connectivity index (χ4n) is 2.90. The maximum Gasteiger partial charge on any atom is 0.123 e. The molecule has 0 fully saturated rings. The summed E-state index contributed by atoms with van der Waals surface area (Å²) >= 11 is 12.1. The number of aliphatic hydroxyl groups is 1. The van der Waals surface area contributed by atoms with Gasteiger partial charge in [-0.3, -0.25) is 0 Å². The third-order valence-corrected chi connectivity index (χ3v) is 4.57. The molecule has 2 aromatic carbocycles. The highest BCUT2D eigenvalue weighted by Gasteiger charge is 2.33. The summed E-state index contributed by atoms with van der Waals surface area (Å²) in [5, 5.41) is 11.3. The molecule has 20 heavy (non-hydrogen) atoms. The first kappa shape index (κ1) is 13.7. The van der Waals surface area contributed by atoms with Gasteiger partial charge in [0.05, 0.1) is 23.3 Å². The van der Waals surface area contributed by atoms with E-state index in [1.807, 2.05) is 30.3 Å². The van der Waals surface area contributed by atoms with Gasteiger partial charge in [0.15, 0.2) is 0 Å². The fourth-order valence-corrected chi connectivity index (χ4v) is 3.21. The van der Waals surface area contributed by atoms with Crippen molar-refractivity contribution >= 4 is 23.2 Å². The van der Waals surface area contributed by atoms with Crippen LogP contribution in [0.5, 0.6) is 5.75 Å². The van der Waals surface area contributed by atoms with Gasteiger partial charge in [-0.2, -0.15) is 0 Å². The summed E-state index contributed by atoms with van der Waals surface area (Å²) in [6.45, 7) is 0. The summed E-state index contributed by atoms with van der Waals surface area (Å²) in [5.41, 5.74) is 3.02. The molecule has 2 atom stereocenters. The molecule has 0 amide bonds. The Morgan fingerprint density at radius 3 is 2.65 bits per heavy atom. The number of halogens is 2. The second kappa shape index (κ2) is 5.28. The molecule has 0 bridgehead atoms. The van der Waals surface area contributed by atoms with E-state index in [-0.39, 0.29) is 5.92 Å². The van der Waals surface area contributed by atoms with E-state index in [0.717, 1.165) is 22.4 Å². The van der Waals surface area contributed by atoms with Crippen LogP contribution in [0.3, 0.4) is 0 Å². The van der Waals surface area contributed by atoms with Crippen molar-refractivity contribution in [2.75, 3.05) is 7.11 Å². The van der Waals surface area contributed by atoms with E-state index in [1.165, 1.54) is 0 Å². The Bertz CT molecular complexity index is 655. The van der Waals surface area contributed by atoms with Gasteiger partial charge in [0.1, 0.15) is 5.75 Å². The first-order chi connectivity index (χ1) is 9.61. The molecule has 104 valence electrons. The van der Waals surface area contributed by atoms with Crippen molar-refractivity contribution in [3.05, 3.63) is 63.1 Å². The van der Waals surface area contributed by atoms with Gasteiger partial charge in [0, 0.05) is 11.5 Å². The highest BCUT2D eigenvalue weighted by molar-refractivity contribution is 6.42. The van der Waals surface area contributed by atoms with Crippen LogP contribution in [0.25, 0.3) is 0 Å². The number of methoxy groups -OCH3 is 1. The molecular formula is C16H14Cl2O2. The highest BCUT2D eigenvalue weighted by Crippen LogP contribution is 2.48. The lowest BCUT2D eigenvalue weighted by atomic mass is 9.92. The van der Waals surface area contributed by atoms with E-state index < -0.39 is 6.10 Å². The van der Waals surface area contributed by atoms with Crippen LogP contribution in [0, 0.1) is 0 Å². The zero-order valence-corrected chi connectivity index (χ0v) is 12.4. The standard InChI is InChI=1S/C16H14Cl2O2/c1-20-15-4-2-3-10-14(19)8-11(16(10)15)9-5-6-12(17)13(18)7-9/h2-7,11,14,19H,8H2,1H3/t11-,14-/m1/s1. The molecule has 0 saturated heterocycles. The van der Waals surface area contributed by atoms with E-state index in [1.54, 1.807) is 13.2 Å². The number of hydrogen-bond donors (Lipinski definition) is 1. The molecule has 3 rings (SSSR count). The summed E-state index contributed by atoms with van der Waals surface area (Å²) in [6, 6.07) is 11.4. The van der Waals surface area contributed by atoms with Crippen molar-refractivity contribution in [2.24, 2.45) is 0 Å². The lowest BCUT2D eigenvalue weighted by Gasteiger charge is -2.15. The van der Waals surface area contributed by atoms with E-state index in [2.05, 4.69) is 0 Å². The highest BCUT2D eigenvalue weighted by atomic mass is 35.5. The Morgan fingerprint density at radius 1 is 1.15 bits per heavy atom. The summed E-state index contributed by atoms with van der Waals surface area (Å²) in [4.78, 5) is 0. The molecule has 0 spiro atoms. The number of fused-ring (bicyclic) bond motifs is 1. The SMILES string of the molecule is COc1cccc2c1[C@@H](c1ccc(Cl)c(Cl)c1)C[C@H]2O. The van der Waals surface area contributed by atoms with Gasteiger partial charge in [-0.25, -0.2) is 0 Å². The van der Waals surface area contributed by atoms with Crippen LogP contribution >= 0.6 is 23.2 Å². The lowest BCUT2D eigenvalue weighted by molar-refractivity contribution is 0.176. The molecule has 1 N–H and O–H groups in total. The van der Waals surface area contributed by atoms with Crippen LogP contribution in [0.4, 0.5) is 0 Å². The zero-order chi connectivity index (χ0) is 14.3. The van der Waals surface area contributed by atoms with Crippen LogP contribution in [0.15, 0.2) is 36.4 Å². The van der Waals surface area contributed by atoms with Crippen LogP contribution in [-0.2, 0) is 0 Å². The number of ether oxygens (including phenoxy) is 1. The number of benzene rings is 2. The second-order valence-corrected chi connectivity index (χ2v) is 5.76. The summed E-state index contributed by atoms with van der Waals surface area (Å²) in [7, 11) is 1.65. The molecular weight excluding hydrogens is 295 g/mol. The van der Waals surface area contributed by atoms with E-state index >= 15 is 0 Å². The van der Waals surface area contributed by atoms with Crippen LogP contribution in [0.1, 0.15) is 35.1 Å². The third kappa shape index (κ3) is 2.18. The minimum atomic E-state index is -0.473. The quantitative estimate of drug-likeness (QED) is 0.880. The number of hydrogen-bond acceptors (Lipinski definition) is 2. The van der Waals surface area contributed by atoms with Gasteiger partial charge in [0.2, 0.25) is 0 Å². The van der Waals surface area contributed by atoms with Crippen molar-refractivity contribution in [1.29, 1.82) is 0 Å². The van der Waals surface area contributed by atoms with E-state index in [0.29, 0.717) is 16.5 Å². The van der Waals surface area contributed by atoms with Crippen molar-refractivity contribution in [3.63, 3.8) is 0 Å². The maximum absolute atomic E-state index is 10.2. The predicted molar refractivity (Wildman–Crippen MR) is 80.9 cm³/mol. The summed E-state index contributed by atoms with van der Waals surface area (Å²) in [6.07, 6.45) is 0.160. The minimum absolute atomic E-state index is 0.0749. The Labute approximate surface area is 127 Å². The largest absolute Gasteiger partial charge is 0.496 e. The molecule has 0 unspecified atom stereocenters. The monoisotopic (exact) mass is 308 g/mol. The van der Waals surface area contributed by atoms with Gasteiger partial charge >= 0.3 is 0 Å². The molecule has 0 heterocycles. The van der Waals surface area contributed by atoms with Gasteiger partial charge in [0.25, 0.3) is 0 Å². The predicted octanol–water partition coefficient (Wildman–Crippen LogP) is 4.57. The number of rotatable bonds is 2. The van der Waals surface area contributed by atoms with Gasteiger partial charge in [-0.1, -0.05) is 41.4 Å². The van der Waals surface area contributed by atoms with Crippen molar-refractivity contribution in [2.45, 2.75) is 18.4 Å². The average molecular weight is 309 g/mol. The zero-order valence-electron chi connectivity index (χ0n) is 10.9. The lowest BCUT2D eigenvalue weighted by Crippen LogP contribution is -1.99. The Balaban J connectivity index is 2.12. The molecule has 1 aliphatic carbocycles. The van der Waals surface area contributed by atoms with Crippen LogP contribution in [0.2, 0.25) is 10.0 Å². The van der Waals surface area contributed by atoms with Crippen molar-refractivity contribution in [3.8, 4) is 5.75 Å². The van der Waals surface area contributed by atoms with Crippen LogP contribution in [-0.4, -0.2) is 12.2 Å². The molecule has 0 radical (unpaired) electrons.